The molecule has 0 unspecified atom stereocenters. The maximum absolute atomic E-state index is 11.5. The van der Waals surface area contributed by atoms with E-state index in [1.807, 2.05) is 20.8 Å². The second-order valence-corrected chi connectivity index (χ2v) is 7.63. The van der Waals surface area contributed by atoms with Crippen molar-refractivity contribution in [3.05, 3.63) is 0 Å². The van der Waals surface area contributed by atoms with Gasteiger partial charge in [-0.05, 0) is 54.9 Å². The van der Waals surface area contributed by atoms with Gasteiger partial charge in [-0.2, -0.15) is 0 Å². The maximum atomic E-state index is 11.5. The van der Waals surface area contributed by atoms with Crippen molar-refractivity contribution in [3.8, 4) is 0 Å². The number of amides is 1. The zero-order chi connectivity index (χ0) is 19.5. The summed E-state index contributed by atoms with van der Waals surface area (Å²) in [5, 5.41) is 9.32. The minimum atomic E-state index is -0.464. The first-order valence-electron chi connectivity index (χ1n) is 9.24. The molecule has 0 heterocycles. The van der Waals surface area contributed by atoms with Crippen molar-refractivity contribution in [2.45, 2.75) is 72.6 Å². The maximum Gasteiger partial charge on any atom is 0.407 e. The number of guanidine groups is 1. The first-order chi connectivity index (χ1) is 11.6. The highest BCUT2D eigenvalue weighted by molar-refractivity contribution is 5.79. The van der Waals surface area contributed by atoms with Crippen LogP contribution in [0.25, 0.3) is 0 Å². The Morgan fingerprint density at radius 1 is 1.00 bits per heavy atom. The quantitative estimate of drug-likeness (QED) is 0.335. The van der Waals surface area contributed by atoms with Crippen LogP contribution in [-0.4, -0.2) is 67.9 Å². The number of hydrogen-bond donors (Lipinski definition) is 3. The van der Waals surface area contributed by atoms with Crippen LogP contribution in [0.2, 0.25) is 0 Å². The Balaban J connectivity index is 3.92. The summed E-state index contributed by atoms with van der Waals surface area (Å²) in [6, 6.07) is 1.05. The molecule has 0 spiro atoms. The molecule has 0 aromatic rings. The van der Waals surface area contributed by atoms with Crippen molar-refractivity contribution in [1.82, 2.24) is 20.9 Å². The summed E-state index contributed by atoms with van der Waals surface area (Å²) in [6.07, 6.45) is 0.418. The van der Waals surface area contributed by atoms with Crippen LogP contribution in [0.4, 0.5) is 4.79 Å². The molecule has 7 nitrogen and oxygen atoms in total. The molecule has 0 atom stereocenters. The SMILES string of the molecule is CN=C(NCCCNC(=O)OC(C)(C)C)NCCN(C(C)C)C(C)C. The zero-order valence-electron chi connectivity index (χ0n) is 17.4. The van der Waals surface area contributed by atoms with Gasteiger partial charge in [-0.1, -0.05) is 0 Å². The van der Waals surface area contributed by atoms with Gasteiger partial charge in [0, 0.05) is 45.3 Å². The molecule has 0 saturated heterocycles. The highest BCUT2D eigenvalue weighted by atomic mass is 16.6. The number of carbonyl (C=O) groups is 1. The van der Waals surface area contributed by atoms with Crippen LogP contribution in [0, 0.1) is 0 Å². The predicted molar refractivity (Wildman–Crippen MR) is 105 cm³/mol. The number of ether oxygens (including phenoxy) is 1. The summed E-state index contributed by atoms with van der Waals surface area (Å²) < 4.78 is 5.19. The van der Waals surface area contributed by atoms with Crippen LogP contribution < -0.4 is 16.0 Å². The topological polar surface area (TPSA) is 78.0 Å². The predicted octanol–water partition coefficient (Wildman–Crippen LogP) is 2.18. The van der Waals surface area contributed by atoms with E-state index in [0.717, 1.165) is 32.0 Å². The smallest absolute Gasteiger partial charge is 0.407 e. The Hall–Kier alpha value is -1.50. The number of rotatable bonds is 9. The minimum Gasteiger partial charge on any atom is -0.444 e. The number of aliphatic imine (C=N–C) groups is 1. The Bertz CT molecular complexity index is 395. The third-order valence-electron chi connectivity index (χ3n) is 3.53. The third-order valence-corrected chi connectivity index (χ3v) is 3.53. The van der Waals surface area contributed by atoms with Crippen molar-refractivity contribution in [1.29, 1.82) is 0 Å². The first kappa shape index (κ1) is 23.5. The lowest BCUT2D eigenvalue weighted by Gasteiger charge is -2.30. The highest BCUT2D eigenvalue weighted by Gasteiger charge is 2.15. The summed E-state index contributed by atoms with van der Waals surface area (Å²) in [7, 11) is 1.76. The van der Waals surface area contributed by atoms with Crippen LogP contribution in [0.15, 0.2) is 4.99 Å². The van der Waals surface area contributed by atoms with Gasteiger partial charge in [-0.15, -0.1) is 0 Å². The fraction of sp³-hybridized carbons (Fsp3) is 0.889. The van der Waals surface area contributed by atoms with Crippen molar-refractivity contribution in [2.75, 3.05) is 33.2 Å². The van der Waals surface area contributed by atoms with E-state index >= 15 is 0 Å². The van der Waals surface area contributed by atoms with Crippen LogP contribution in [-0.2, 0) is 4.74 Å². The molecule has 25 heavy (non-hydrogen) atoms. The monoisotopic (exact) mass is 357 g/mol. The molecular weight excluding hydrogens is 318 g/mol. The largest absolute Gasteiger partial charge is 0.444 e. The molecule has 7 heteroatoms. The van der Waals surface area contributed by atoms with Gasteiger partial charge >= 0.3 is 6.09 Å². The summed E-state index contributed by atoms with van der Waals surface area (Å²) in [5.41, 5.74) is -0.464. The molecule has 0 aromatic heterocycles. The molecule has 0 rings (SSSR count). The van der Waals surface area contributed by atoms with Gasteiger partial charge in [-0.3, -0.25) is 9.89 Å². The lowest BCUT2D eigenvalue weighted by Crippen LogP contribution is -2.45. The van der Waals surface area contributed by atoms with E-state index in [9.17, 15) is 4.79 Å². The van der Waals surface area contributed by atoms with E-state index in [4.69, 9.17) is 4.74 Å². The van der Waals surface area contributed by atoms with E-state index < -0.39 is 5.60 Å². The Morgan fingerprint density at radius 3 is 2.00 bits per heavy atom. The summed E-state index contributed by atoms with van der Waals surface area (Å²) in [6.45, 7) is 17.5. The van der Waals surface area contributed by atoms with Gasteiger partial charge in [0.05, 0.1) is 0 Å². The fourth-order valence-corrected chi connectivity index (χ4v) is 2.44. The molecule has 0 fully saturated rings. The Labute approximate surface area is 154 Å². The van der Waals surface area contributed by atoms with Gasteiger partial charge in [0.1, 0.15) is 5.60 Å². The summed E-state index contributed by atoms with van der Waals surface area (Å²) in [4.78, 5) is 18.2. The van der Waals surface area contributed by atoms with Crippen LogP contribution in [0.3, 0.4) is 0 Å². The molecule has 0 aliphatic rings. The lowest BCUT2D eigenvalue weighted by molar-refractivity contribution is 0.0527. The number of nitrogens with one attached hydrogen (secondary N) is 3. The van der Waals surface area contributed by atoms with Crippen molar-refractivity contribution in [2.24, 2.45) is 4.99 Å². The second-order valence-electron chi connectivity index (χ2n) is 7.63. The number of alkyl carbamates (subject to hydrolysis) is 1. The van der Waals surface area contributed by atoms with E-state index in [0.29, 0.717) is 18.6 Å². The Kier molecular flexibility index (Phi) is 11.2. The molecule has 148 valence electrons. The van der Waals surface area contributed by atoms with E-state index in [2.05, 4.69) is 53.5 Å². The average molecular weight is 358 g/mol. The van der Waals surface area contributed by atoms with Gasteiger partial charge in [0.15, 0.2) is 5.96 Å². The van der Waals surface area contributed by atoms with Gasteiger partial charge in [0.2, 0.25) is 0 Å². The van der Waals surface area contributed by atoms with Gasteiger partial charge < -0.3 is 20.7 Å². The number of nitrogens with zero attached hydrogens (tertiary/aromatic N) is 2. The second kappa shape index (κ2) is 12.0. The summed E-state index contributed by atoms with van der Waals surface area (Å²) in [5.74, 6) is 0.782. The van der Waals surface area contributed by atoms with Crippen LogP contribution in [0.1, 0.15) is 54.9 Å². The number of hydrogen-bond acceptors (Lipinski definition) is 4. The number of carbonyl (C=O) groups excluding carboxylic acids is 1. The van der Waals surface area contributed by atoms with Gasteiger partial charge in [0.25, 0.3) is 0 Å². The molecule has 1 amide bonds. The third kappa shape index (κ3) is 12.5. The van der Waals surface area contributed by atoms with Crippen molar-refractivity contribution >= 4 is 12.1 Å². The Morgan fingerprint density at radius 2 is 1.52 bits per heavy atom. The van der Waals surface area contributed by atoms with E-state index in [-0.39, 0.29) is 6.09 Å². The molecular formula is C18H39N5O2. The molecule has 0 saturated carbocycles. The van der Waals surface area contributed by atoms with Crippen LogP contribution in [0.5, 0.6) is 0 Å². The van der Waals surface area contributed by atoms with E-state index in [1.165, 1.54) is 0 Å². The van der Waals surface area contributed by atoms with E-state index in [1.54, 1.807) is 7.05 Å². The van der Waals surface area contributed by atoms with Gasteiger partial charge in [-0.25, -0.2) is 4.79 Å². The summed E-state index contributed by atoms with van der Waals surface area (Å²) >= 11 is 0. The molecule has 0 aliphatic heterocycles. The first-order valence-corrected chi connectivity index (χ1v) is 9.24. The highest BCUT2D eigenvalue weighted by Crippen LogP contribution is 2.06. The van der Waals surface area contributed by atoms with Crippen molar-refractivity contribution < 1.29 is 9.53 Å². The molecule has 0 radical (unpaired) electrons. The van der Waals surface area contributed by atoms with Crippen LogP contribution >= 0.6 is 0 Å². The fourth-order valence-electron chi connectivity index (χ4n) is 2.44. The minimum absolute atomic E-state index is 0.377. The molecule has 0 aromatic carbocycles. The normalized spacial score (nSPS) is 12.7. The standard InChI is InChI=1S/C18H39N5O2/c1-14(2)23(15(3)4)13-12-21-16(19-8)20-10-9-11-22-17(24)25-18(5,6)7/h14-15H,9-13H2,1-8H3,(H,22,24)(H2,19,20,21). The van der Waals surface area contributed by atoms with Crippen molar-refractivity contribution in [3.63, 3.8) is 0 Å². The average Bonchev–Trinajstić information content (AvgIpc) is 2.46. The molecule has 3 N–H and O–H groups in total. The molecule has 0 bridgehead atoms. The molecule has 0 aliphatic carbocycles. The lowest BCUT2D eigenvalue weighted by atomic mass is 10.2. The zero-order valence-corrected chi connectivity index (χ0v) is 17.4.